The molecule has 3 aromatic carbocycles. The zero-order valence-corrected chi connectivity index (χ0v) is 14.9. The van der Waals surface area contributed by atoms with Gasteiger partial charge in [0.15, 0.2) is 0 Å². The van der Waals surface area contributed by atoms with E-state index in [-0.39, 0.29) is 27.8 Å². The Hall–Kier alpha value is -3.38. The van der Waals surface area contributed by atoms with Crippen molar-refractivity contribution < 1.29 is 9.66 Å². The molecule has 0 bridgehead atoms. The maximum atomic E-state index is 13.1. The van der Waals surface area contributed by atoms with Crippen LogP contribution >= 0.6 is 11.6 Å². The fourth-order valence-corrected chi connectivity index (χ4v) is 3.15. The maximum absolute atomic E-state index is 13.1. The lowest BCUT2D eigenvalue weighted by Crippen LogP contribution is -2.07. The van der Waals surface area contributed by atoms with Gasteiger partial charge in [0.25, 0.3) is 5.69 Å². The number of halogens is 1. The summed E-state index contributed by atoms with van der Waals surface area (Å²) in [4.78, 5) is 27.0. The van der Waals surface area contributed by atoms with Crippen molar-refractivity contribution in [3.63, 3.8) is 0 Å². The van der Waals surface area contributed by atoms with Crippen LogP contribution in [0.3, 0.4) is 0 Å². The lowest BCUT2D eigenvalue weighted by atomic mass is 10.1. The number of nitro groups is 1. The third kappa shape index (κ3) is 3.00. The Kier molecular flexibility index (Phi) is 4.05. The van der Waals surface area contributed by atoms with Gasteiger partial charge < -0.3 is 9.72 Å². The van der Waals surface area contributed by atoms with Gasteiger partial charge in [0.05, 0.1) is 15.8 Å². The first-order valence-corrected chi connectivity index (χ1v) is 8.49. The minimum Gasteiger partial charge on any atom is -0.457 e. The van der Waals surface area contributed by atoms with Crippen molar-refractivity contribution in [2.45, 2.75) is 6.92 Å². The first kappa shape index (κ1) is 17.1. The quantitative estimate of drug-likeness (QED) is 0.295. The molecule has 1 N–H and O–H groups in total. The van der Waals surface area contributed by atoms with Gasteiger partial charge >= 0.3 is 0 Å². The van der Waals surface area contributed by atoms with E-state index in [2.05, 4.69) is 4.98 Å². The molecule has 0 aliphatic rings. The molecule has 0 radical (unpaired) electrons. The fourth-order valence-electron chi connectivity index (χ4n) is 2.98. The van der Waals surface area contributed by atoms with Crippen molar-refractivity contribution in [3.05, 3.63) is 85.5 Å². The summed E-state index contributed by atoms with van der Waals surface area (Å²) in [5.41, 5.74) is 1.06. The summed E-state index contributed by atoms with van der Waals surface area (Å²) in [5.74, 6) is 0.768. The Bertz CT molecular complexity index is 1260. The molecule has 134 valence electrons. The highest BCUT2D eigenvalue weighted by Crippen LogP contribution is 2.34. The van der Waals surface area contributed by atoms with E-state index in [1.165, 1.54) is 18.2 Å². The molecule has 0 fully saturated rings. The summed E-state index contributed by atoms with van der Waals surface area (Å²) >= 11 is 6.02. The van der Waals surface area contributed by atoms with Gasteiger partial charge in [-0.2, -0.15) is 0 Å². The predicted molar refractivity (Wildman–Crippen MR) is 105 cm³/mol. The average molecular weight is 381 g/mol. The molecule has 6 nitrogen and oxygen atoms in total. The van der Waals surface area contributed by atoms with E-state index in [0.717, 1.165) is 5.56 Å². The summed E-state index contributed by atoms with van der Waals surface area (Å²) in [5, 5.41) is 12.3. The highest BCUT2D eigenvalue weighted by molar-refractivity contribution is 6.31. The van der Waals surface area contributed by atoms with E-state index in [1.54, 1.807) is 24.3 Å². The number of H-pyrrole nitrogens is 1. The second kappa shape index (κ2) is 6.41. The second-order valence-corrected chi connectivity index (χ2v) is 6.59. The number of fused-ring (bicyclic) bond motifs is 2. The zero-order chi connectivity index (χ0) is 19.1. The van der Waals surface area contributed by atoms with Crippen molar-refractivity contribution >= 4 is 39.1 Å². The molecule has 1 heterocycles. The van der Waals surface area contributed by atoms with Gasteiger partial charge in [0, 0.05) is 16.5 Å². The van der Waals surface area contributed by atoms with Gasteiger partial charge in [0.1, 0.15) is 17.0 Å². The minimum atomic E-state index is -0.532. The van der Waals surface area contributed by atoms with E-state index < -0.39 is 4.92 Å². The van der Waals surface area contributed by atoms with Gasteiger partial charge in [-0.3, -0.25) is 14.9 Å². The highest BCUT2D eigenvalue weighted by Gasteiger charge is 2.20. The predicted octanol–water partition coefficient (Wildman–Crippen LogP) is 5.34. The van der Waals surface area contributed by atoms with Crippen LogP contribution in [0.25, 0.3) is 21.8 Å². The lowest BCUT2D eigenvalue weighted by Gasteiger charge is -2.10. The molecular formula is C20H13ClN2O4. The number of ether oxygens (including phenoxy) is 1. The summed E-state index contributed by atoms with van der Waals surface area (Å²) in [7, 11) is 0. The molecule has 1 aromatic heterocycles. The third-order valence-corrected chi connectivity index (χ3v) is 4.54. The highest BCUT2D eigenvalue weighted by atomic mass is 35.5. The van der Waals surface area contributed by atoms with Crippen molar-refractivity contribution in [3.8, 4) is 11.5 Å². The number of benzene rings is 3. The molecule has 0 saturated carbocycles. The van der Waals surface area contributed by atoms with Crippen LogP contribution in [0.2, 0.25) is 5.02 Å². The number of aromatic amines is 1. The number of aryl methyl sites for hydroxylation is 1. The smallest absolute Gasteiger partial charge is 0.293 e. The number of non-ortho nitro benzene ring substituents is 1. The first-order valence-electron chi connectivity index (χ1n) is 8.11. The van der Waals surface area contributed by atoms with Crippen LogP contribution in [0.4, 0.5) is 5.69 Å². The van der Waals surface area contributed by atoms with Crippen LogP contribution in [0, 0.1) is 17.0 Å². The maximum Gasteiger partial charge on any atom is 0.293 e. The standard InChI is InChI=1S/C20H13ClN2O4/c1-11-2-5-13(6-3-11)27-17-9-8-16(23(25)26)19-18(17)20(24)14-10-12(21)4-7-15(14)22-19/h2-10H,1H3,(H,22,24). The van der Waals surface area contributed by atoms with Gasteiger partial charge in [-0.1, -0.05) is 29.3 Å². The van der Waals surface area contributed by atoms with E-state index >= 15 is 0 Å². The number of pyridine rings is 1. The summed E-state index contributed by atoms with van der Waals surface area (Å²) in [6.07, 6.45) is 0. The first-order chi connectivity index (χ1) is 12.9. The van der Waals surface area contributed by atoms with Crippen LogP contribution in [-0.4, -0.2) is 9.91 Å². The molecule has 0 saturated heterocycles. The number of rotatable bonds is 3. The largest absolute Gasteiger partial charge is 0.457 e. The van der Waals surface area contributed by atoms with Gasteiger partial charge in [-0.25, -0.2) is 0 Å². The van der Waals surface area contributed by atoms with E-state index in [4.69, 9.17) is 16.3 Å². The van der Waals surface area contributed by atoms with Crippen molar-refractivity contribution in [1.82, 2.24) is 4.98 Å². The normalized spacial score (nSPS) is 11.0. The Morgan fingerprint density at radius 3 is 2.52 bits per heavy atom. The van der Waals surface area contributed by atoms with Crippen LogP contribution in [0.5, 0.6) is 11.5 Å². The van der Waals surface area contributed by atoms with Crippen LogP contribution in [0.1, 0.15) is 5.56 Å². The Labute approximate surface area is 158 Å². The van der Waals surface area contributed by atoms with Gasteiger partial charge in [-0.05, 0) is 43.3 Å². The Morgan fingerprint density at radius 2 is 1.81 bits per heavy atom. The topological polar surface area (TPSA) is 85.2 Å². The number of aromatic nitrogens is 1. The number of hydrogen-bond donors (Lipinski definition) is 1. The number of hydrogen-bond acceptors (Lipinski definition) is 4. The summed E-state index contributed by atoms with van der Waals surface area (Å²) in [6, 6.07) is 14.8. The van der Waals surface area contributed by atoms with Crippen LogP contribution < -0.4 is 10.2 Å². The molecule has 27 heavy (non-hydrogen) atoms. The van der Waals surface area contributed by atoms with E-state index in [1.807, 2.05) is 19.1 Å². The molecular weight excluding hydrogens is 368 g/mol. The van der Waals surface area contributed by atoms with E-state index in [0.29, 0.717) is 21.7 Å². The SMILES string of the molecule is Cc1ccc(Oc2ccc([N+](=O)[O-])c3[nH]c4ccc(Cl)cc4c(=O)c23)cc1. The average Bonchev–Trinajstić information content (AvgIpc) is 2.64. The number of nitrogens with one attached hydrogen (secondary N) is 1. The molecule has 0 amide bonds. The molecule has 0 aliphatic heterocycles. The Balaban J connectivity index is 2.04. The molecule has 4 rings (SSSR count). The summed E-state index contributed by atoms with van der Waals surface area (Å²) in [6.45, 7) is 1.95. The van der Waals surface area contributed by atoms with Crippen LogP contribution in [0.15, 0.2) is 59.4 Å². The molecule has 0 unspecified atom stereocenters. The van der Waals surface area contributed by atoms with Crippen molar-refractivity contribution in [2.24, 2.45) is 0 Å². The number of nitro benzene ring substituents is 1. The number of nitrogens with zero attached hydrogens (tertiary/aromatic N) is 1. The molecule has 0 aliphatic carbocycles. The van der Waals surface area contributed by atoms with E-state index in [9.17, 15) is 14.9 Å². The molecule has 0 atom stereocenters. The van der Waals surface area contributed by atoms with Gasteiger partial charge in [0.2, 0.25) is 5.43 Å². The minimum absolute atomic E-state index is 0.111. The molecule has 7 heteroatoms. The lowest BCUT2D eigenvalue weighted by molar-refractivity contribution is -0.383. The van der Waals surface area contributed by atoms with Crippen molar-refractivity contribution in [1.29, 1.82) is 0 Å². The summed E-state index contributed by atoms with van der Waals surface area (Å²) < 4.78 is 5.87. The van der Waals surface area contributed by atoms with Crippen molar-refractivity contribution in [2.75, 3.05) is 0 Å². The monoisotopic (exact) mass is 380 g/mol. The fraction of sp³-hybridized carbons (Fsp3) is 0.0500. The Morgan fingerprint density at radius 1 is 1.07 bits per heavy atom. The molecule has 4 aromatic rings. The second-order valence-electron chi connectivity index (χ2n) is 6.15. The van der Waals surface area contributed by atoms with Gasteiger partial charge in [-0.15, -0.1) is 0 Å². The zero-order valence-electron chi connectivity index (χ0n) is 14.2. The third-order valence-electron chi connectivity index (χ3n) is 4.30. The van der Waals surface area contributed by atoms with Crippen LogP contribution in [-0.2, 0) is 0 Å². The molecule has 0 spiro atoms.